The number of nitrogens with zero attached hydrogens (tertiary/aromatic N) is 3. The van der Waals surface area contributed by atoms with Gasteiger partial charge in [0, 0.05) is 30.9 Å². The molecule has 1 unspecified atom stereocenters. The van der Waals surface area contributed by atoms with Gasteiger partial charge in [0.1, 0.15) is 17.1 Å². The number of urea groups is 1. The largest absolute Gasteiger partial charge is 0.497 e. The van der Waals surface area contributed by atoms with Crippen LogP contribution in [0.5, 0.6) is 5.75 Å². The van der Waals surface area contributed by atoms with Gasteiger partial charge in [-0.2, -0.15) is 0 Å². The Bertz CT molecular complexity index is 1070. The predicted octanol–water partition coefficient (Wildman–Crippen LogP) is 2.39. The van der Waals surface area contributed by atoms with E-state index in [1.165, 1.54) is 9.80 Å². The molecule has 4 amide bonds. The molecule has 0 bridgehead atoms. The van der Waals surface area contributed by atoms with E-state index in [0.717, 1.165) is 25.7 Å². The highest BCUT2D eigenvalue weighted by Crippen LogP contribution is 2.24. The molecule has 1 aromatic heterocycles. The number of aromatic nitrogens is 1. The number of nitrogens with one attached hydrogen (secondary N) is 2. The molecule has 1 saturated heterocycles. The van der Waals surface area contributed by atoms with Gasteiger partial charge >= 0.3 is 6.03 Å². The van der Waals surface area contributed by atoms with Crippen molar-refractivity contribution in [1.82, 2.24) is 20.3 Å². The van der Waals surface area contributed by atoms with Crippen molar-refractivity contribution in [2.45, 2.75) is 64.2 Å². The van der Waals surface area contributed by atoms with Gasteiger partial charge in [-0.05, 0) is 70.2 Å². The summed E-state index contributed by atoms with van der Waals surface area (Å²) in [7, 11) is 1.56. The summed E-state index contributed by atoms with van der Waals surface area (Å²) < 4.78 is 10.4. The van der Waals surface area contributed by atoms with E-state index in [-0.39, 0.29) is 23.9 Å². The number of amides is 4. The van der Waals surface area contributed by atoms with Crippen molar-refractivity contribution in [1.29, 1.82) is 0 Å². The molecule has 194 valence electrons. The summed E-state index contributed by atoms with van der Waals surface area (Å²) >= 11 is 0. The van der Waals surface area contributed by atoms with Gasteiger partial charge in [-0.25, -0.2) is 4.79 Å². The monoisotopic (exact) mass is 498 g/mol. The summed E-state index contributed by atoms with van der Waals surface area (Å²) in [6, 6.07) is 6.51. The molecule has 4 rings (SSSR count). The molecule has 0 spiro atoms. The Hall–Kier alpha value is -3.60. The molecular formula is C25H34N6O5. The van der Waals surface area contributed by atoms with E-state index in [9.17, 15) is 14.4 Å². The Morgan fingerprint density at radius 1 is 1.06 bits per heavy atom. The summed E-state index contributed by atoms with van der Waals surface area (Å²) in [5, 5.41) is 9.80. The van der Waals surface area contributed by atoms with Crippen molar-refractivity contribution in [3.8, 4) is 5.75 Å². The van der Waals surface area contributed by atoms with Crippen LogP contribution in [0, 0.1) is 13.8 Å². The van der Waals surface area contributed by atoms with Crippen molar-refractivity contribution in [3.63, 3.8) is 0 Å². The minimum absolute atomic E-state index is 0.0539. The number of hydrogen-bond donors (Lipinski definition) is 3. The summed E-state index contributed by atoms with van der Waals surface area (Å²) in [6.45, 7) is 3.98. The van der Waals surface area contributed by atoms with Crippen molar-refractivity contribution >= 4 is 23.5 Å². The Kier molecular flexibility index (Phi) is 7.78. The Morgan fingerprint density at radius 2 is 1.72 bits per heavy atom. The topological polar surface area (TPSA) is 143 Å². The molecule has 2 fully saturated rings. The zero-order valence-corrected chi connectivity index (χ0v) is 21.0. The predicted molar refractivity (Wildman–Crippen MR) is 133 cm³/mol. The first kappa shape index (κ1) is 25.5. The van der Waals surface area contributed by atoms with Gasteiger partial charge in [0.05, 0.1) is 12.8 Å². The lowest BCUT2D eigenvalue weighted by molar-refractivity contribution is -0.133. The fourth-order valence-corrected chi connectivity index (χ4v) is 4.87. The standard InChI is InChI=1S/C25H34N6O5/c1-15-21(16(2)36-29-15)24(33)30-13-4-14-31(25(34)28-19-9-11-20(35-3)12-10-19)23(30)22(32)27-18-7-5-17(26)6-8-18/h9-12,17-18,23H,4-8,13-14,26H2,1-3H3,(H,27,32)(H,28,34). The number of nitrogens with two attached hydrogens (primary N) is 1. The zero-order valence-electron chi connectivity index (χ0n) is 21.0. The number of carbonyl (C=O) groups excluding carboxylic acids is 3. The molecule has 2 heterocycles. The van der Waals surface area contributed by atoms with Gasteiger partial charge < -0.3 is 30.5 Å². The molecule has 1 aliphatic carbocycles. The summed E-state index contributed by atoms with van der Waals surface area (Å²) in [4.78, 5) is 43.5. The quantitative estimate of drug-likeness (QED) is 0.574. The van der Waals surface area contributed by atoms with E-state index in [4.69, 9.17) is 15.0 Å². The van der Waals surface area contributed by atoms with Crippen LogP contribution in [0.15, 0.2) is 28.8 Å². The SMILES string of the molecule is COc1ccc(NC(=O)N2CCCN(C(=O)c3c(C)noc3C)C2C(=O)NC2CCC(N)CC2)cc1. The number of carbonyl (C=O) groups is 3. The van der Waals surface area contributed by atoms with Crippen molar-refractivity contribution in [3.05, 3.63) is 41.3 Å². The van der Waals surface area contributed by atoms with Crippen LogP contribution >= 0.6 is 0 Å². The van der Waals surface area contributed by atoms with Crippen LogP contribution in [0.1, 0.15) is 53.9 Å². The van der Waals surface area contributed by atoms with Gasteiger partial charge in [-0.3, -0.25) is 14.5 Å². The number of hydrogen-bond acceptors (Lipinski definition) is 7. The van der Waals surface area contributed by atoms with Crippen molar-refractivity contribution in [2.75, 3.05) is 25.5 Å². The molecule has 1 aliphatic heterocycles. The van der Waals surface area contributed by atoms with E-state index >= 15 is 0 Å². The first-order chi connectivity index (χ1) is 17.3. The van der Waals surface area contributed by atoms with E-state index in [2.05, 4.69) is 15.8 Å². The molecule has 4 N–H and O–H groups in total. The molecule has 2 aromatic rings. The van der Waals surface area contributed by atoms with Gasteiger partial charge in [0.2, 0.25) is 0 Å². The van der Waals surface area contributed by atoms with E-state index in [1.807, 2.05) is 0 Å². The maximum Gasteiger partial charge on any atom is 0.323 e. The highest BCUT2D eigenvalue weighted by Gasteiger charge is 2.42. The number of anilines is 1. The van der Waals surface area contributed by atoms with Crippen LogP contribution < -0.4 is 21.1 Å². The third-order valence-corrected chi connectivity index (χ3v) is 6.85. The van der Waals surface area contributed by atoms with Gasteiger partial charge in [-0.15, -0.1) is 0 Å². The van der Waals surface area contributed by atoms with Crippen LogP contribution in [0.3, 0.4) is 0 Å². The lowest BCUT2D eigenvalue weighted by Crippen LogP contribution is -2.65. The third-order valence-electron chi connectivity index (χ3n) is 6.85. The number of rotatable bonds is 5. The molecule has 0 radical (unpaired) electrons. The molecule has 1 saturated carbocycles. The molecule has 11 heteroatoms. The average molecular weight is 499 g/mol. The number of benzene rings is 1. The van der Waals surface area contributed by atoms with Crippen molar-refractivity contribution in [2.24, 2.45) is 5.73 Å². The van der Waals surface area contributed by atoms with Gasteiger partial charge in [0.15, 0.2) is 6.17 Å². The van der Waals surface area contributed by atoms with E-state index in [1.54, 1.807) is 45.2 Å². The minimum Gasteiger partial charge on any atom is -0.497 e. The van der Waals surface area contributed by atoms with Crippen LogP contribution in [0.25, 0.3) is 0 Å². The minimum atomic E-state index is -1.12. The average Bonchev–Trinajstić information content (AvgIpc) is 3.22. The molecule has 1 atom stereocenters. The van der Waals surface area contributed by atoms with Crippen molar-refractivity contribution < 1.29 is 23.6 Å². The zero-order chi connectivity index (χ0) is 25.8. The Labute approximate surface area is 210 Å². The molecule has 1 aromatic carbocycles. The highest BCUT2D eigenvalue weighted by molar-refractivity contribution is 6.01. The summed E-state index contributed by atoms with van der Waals surface area (Å²) in [5.74, 6) is 0.253. The second kappa shape index (κ2) is 11.0. The smallest absolute Gasteiger partial charge is 0.323 e. The van der Waals surface area contributed by atoms with Crippen LogP contribution in [-0.2, 0) is 4.79 Å². The van der Waals surface area contributed by atoms with E-state index < -0.39 is 12.2 Å². The second-order valence-corrected chi connectivity index (χ2v) is 9.40. The fraction of sp³-hybridized carbons (Fsp3) is 0.520. The third kappa shape index (κ3) is 5.46. The molecular weight excluding hydrogens is 464 g/mol. The second-order valence-electron chi connectivity index (χ2n) is 9.40. The van der Waals surface area contributed by atoms with Gasteiger partial charge in [-0.1, -0.05) is 5.16 Å². The maximum absolute atomic E-state index is 13.6. The Morgan fingerprint density at radius 3 is 2.33 bits per heavy atom. The maximum atomic E-state index is 13.6. The number of methoxy groups -OCH3 is 1. The lowest BCUT2D eigenvalue weighted by atomic mass is 9.91. The lowest BCUT2D eigenvalue weighted by Gasteiger charge is -2.43. The molecule has 11 nitrogen and oxygen atoms in total. The van der Waals surface area contributed by atoms with E-state index in [0.29, 0.717) is 48.0 Å². The Balaban J connectivity index is 1.59. The summed E-state index contributed by atoms with van der Waals surface area (Å²) in [5.41, 5.74) is 7.33. The number of ether oxygens (including phenoxy) is 1. The van der Waals surface area contributed by atoms with Crippen LogP contribution in [-0.4, -0.2) is 71.3 Å². The van der Waals surface area contributed by atoms with Gasteiger partial charge in [0.25, 0.3) is 11.8 Å². The molecule has 2 aliphatic rings. The number of aryl methyl sites for hydroxylation is 2. The fourth-order valence-electron chi connectivity index (χ4n) is 4.87. The molecule has 36 heavy (non-hydrogen) atoms. The summed E-state index contributed by atoms with van der Waals surface area (Å²) in [6.07, 6.45) is 2.56. The van der Waals surface area contributed by atoms with Crippen LogP contribution in [0.2, 0.25) is 0 Å². The first-order valence-electron chi connectivity index (χ1n) is 12.3. The van der Waals surface area contributed by atoms with Crippen LogP contribution in [0.4, 0.5) is 10.5 Å². The first-order valence-corrected chi connectivity index (χ1v) is 12.3. The normalized spacial score (nSPS) is 22.2. The highest BCUT2D eigenvalue weighted by atomic mass is 16.5.